The topological polar surface area (TPSA) is 43.6 Å². The summed E-state index contributed by atoms with van der Waals surface area (Å²) in [5, 5.41) is 11.8. The molecule has 0 aliphatic carbocycles. The second kappa shape index (κ2) is 3.86. The predicted molar refractivity (Wildman–Crippen MR) is 64.6 cm³/mol. The summed E-state index contributed by atoms with van der Waals surface area (Å²) >= 11 is 4.28. The van der Waals surface area contributed by atoms with Crippen LogP contribution in [-0.2, 0) is 0 Å². The van der Waals surface area contributed by atoms with E-state index in [1.54, 1.807) is 0 Å². The highest BCUT2D eigenvalue weighted by atomic mass is 127. The third-order valence-electron chi connectivity index (χ3n) is 1.45. The molecule has 0 aliphatic heterocycles. The van der Waals surface area contributed by atoms with Crippen LogP contribution >= 0.6 is 45.2 Å². The van der Waals surface area contributed by atoms with E-state index in [9.17, 15) is 0 Å². The zero-order chi connectivity index (χ0) is 9.26. The minimum Gasteiger partial charge on any atom is -0.130 e. The smallest absolute Gasteiger partial charge is 0.130 e. The van der Waals surface area contributed by atoms with Crippen LogP contribution in [-0.4, -0.2) is 20.2 Å². The normalized spacial score (nSPS) is 10.3. The molecule has 1 aromatic heterocycles. The van der Waals surface area contributed by atoms with Crippen LogP contribution < -0.4 is 0 Å². The Labute approximate surface area is 102 Å². The van der Waals surface area contributed by atoms with Crippen LogP contribution in [0.3, 0.4) is 0 Å². The molecular formula is C7H4I2N4. The lowest BCUT2D eigenvalue weighted by atomic mass is 10.3. The van der Waals surface area contributed by atoms with Crippen LogP contribution in [0.25, 0.3) is 5.69 Å². The number of benzene rings is 1. The predicted octanol–water partition coefficient (Wildman–Crippen LogP) is 1.87. The molecule has 0 atom stereocenters. The molecule has 0 bridgehead atoms. The third kappa shape index (κ3) is 2.16. The SMILES string of the molecule is Ic1ccc(-n2nnc(I)n2)cc1. The lowest BCUT2D eigenvalue weighted by Crippen LogP contribution is -1.98. The quantitative estimate of drug-likeness (QED) is 0.690. The highest BCUT2D eigenvalue weighted by Gasteiger charge is 2.00. The van der Waals surface area contributed by atoms with Crippen molar-refractivity contribution < 1.29 is 0 Å². The molecule has 0 saturated heterocycles. The monoisotopic (exact) mass is 398 g/mol. The molecule has 1 aromatic carbocycles. The van der Waals surface area contributed by atoms with Crippen molar-refractivity contribution in [2.75, 3.05) is 0 Å². The number of rotatable bonds is 1. The first-order valence-electron chi connectivity index (χ1n) is 3.47. The summed E-state index contributed by atoms with van der Waals surface area (Å²) in [6.45, 7) is 0. The van der Waals surface area contributed by atoms with E-state index in [-0.39, 0.29) is 0 Å². The maximum absolute atomic E-state index is 4.09. The van der Waals surface area contributed by atoms with Crippen molar-refractivity contribution in [3.63, 3.8) is 0 Å². The fourth-order valence-electron chi connectivity index (χ4n) is 0.881. The van der Waals surface area contributed by atoms with E-state index in [4.69, 9.17) is 0 Å². The Morgan fingerprint density at radius 3 is 2.31 bits per heavy atom. The Morgan fingerprint density at radius 2 is 1.77 bits per heavy atom. The van der Waals surface area contributed by atoms with Crippen LogP contribution in [0.15, 0.2) is 24.3 Å². The first-order chi connectivity index (χ1) is 6.25. The molecule has 66 valence electrons. The fourth-order valence-corrected chi connectivity index (χ4v) is 1.54. The van der Waals surface area contributed by atoms with Crippen molar-refractivity contribution in [3.8, 4) is 5.69 Å². The molecular weight excluding hydrogens is 394 g/mol. The van der Waals surface area contributed by atoms with Gasteiger partial charge in [-0.25, -0.2) is 0 Å². The standard InChI is InChI=1S/C7H4I2N4/c8-5-1-3-6(4-2-5)13-11-7(9)10-12-13/h1-4H. The molecule has 0 spiro atoms. The Kier molecular flexibility index (Phi) is 2.77. The molecule has 0 fully saturated rings. The Bertz CT molecular complexity index is 409. The minimum absolute atomic E-state index is 0.649. The van der Waals surface area contributed by atoms with Gasteiger partial charge in [0.1, 0.15) is 0 Å². The average molecular weight is 398 g/mol. The molecule has 2 aromatic rings. The molecule has 0 aliphatic rings. The maximum atomic E-state index is 4.09. The summed E-state index contributed by atoms with van der Waals surface area (Å²) in [6, 6.07) is 7.93. The van der Waals surface area contributed by atoms with Crippen LogP contribution in [0, 0.1) is 7.40 Å². The van der Waals surface area contributed by atoms with Crippen molar-refractivity contribution in [2.45, 2.75) is 0 Å². The van der Waals surface area contributed by atoms with Gasteiger partial charge in [-0.15, -0.1) is 15.0 Å². The molecule has 0 N–H and O–H groups in total. The lowest BCUT2D eigenvalue weighted by Gasteiger charge is -1.96. The van der Waals surface area contributed by atoms with Crippen molar-refractivity contribution in [2.24, 2.45) is 0 Å². The molecule has 4 nitrogen and oxygen atoms in total. The molecule has 13 heavy (non-hydrogen) atoms. The van der Waals surface area contributed by atoms with Gasteiger partial charge in [-0.1, -0.05) is 0 Å². The Morgan fingerprint density at radius 1 is 1.08 bits per heavy atom. The van der Waals surface area contributed by atoms with Crippen molar-refractivity contribution in [1.29, 1.82) is 0 Å². The third-order valence-corrected chi connectivity index (χ3v) is 2.60. The number of hydrogen-bond donors (Lipinski definition) is 0. The van der Waals surface area contributed by atoms with Crippen LogP contribution in [0.4, 0.5) is 0 Å². The summed E-state index contributed by atoms with van der Waals surface area (Å²) in [6.07, 6.45) is 0. The molecule has 6 heteroatoms. The second-order valence-electron chi connectivity index (χ2n) is 2.32. The lowest BCUT2D eigenvalue weighted by molar-refractivity contribution is 0.719. The van der Waals surface area contributed by atoms with Gasteiger partial charge in [-0.3, -0.25) is 0 Å². The van der Waals surface area contributed by atoms with Gasteiger partial charge < -0.3 is 0 Å². The van der Waals surface area contributed by atoms with Crippen LogP contribution in [0.2, 0.25) is 0 Å². The van der Waals surface area contributed by atoms with E-state index in [1.807, 2.05) is 46.9 Å². The van der Waals surface area contributed by atoms with Gasteiger partial charge in [-0.05, 0) is 52.1 Å². The fraction of sp³-hybridized carbons (Fsp3) is 0. The van der Waals surface area contributed by atoms with Gasteiger partial charge in [0.05, 0.1) is 5.69 Å². The maximum Gasteiger partial charge on any atom is 0.234 e. The van der Waals surface area contributed by atoms with E-state index in [0.717, 1.165) is 5.69 Å². The van der Waals surface area contributed by atoms with E-state index in [2.05, 4.69) is 38.0 Å². The highest BCUT2D eigenvalue weighted by molar-refractivity contribution is 14.1. The molecule has 1 heterocycles. The van der Waals surface area contributed by atoms with Crippen LogP contribution in [0.5, 0.6) is 0 Å². The number of hydrogen-bond acceptors (Lipinski definition) is 3. The Hall–Kier alpha value is -0.250. The molecule has 2 rings (SSSR count). The minimum atomic E-state index is 0.649. The largest absolute Gasteiger partial charge is 0.234 e. The summed E-state index contributed by atoms with van der Waals surface area (Å²) in [5.74, 6) is 0. The summed E-state index contributed by atoms with van der Waals surface area (Å²) in [7, 11) is 0. The molecule has 0 amide bonds. The Balaban J connectivity index is 2.41. The average Bonchev–Trinajstić information content (AvgIpc) is 2.53. The van der Waals surface area contributed by atoms with E-state index < -0.39 is 0 Å². The van der Waals surface area contributed by atoms with Gasteiger partial charge in [0, 0.05) is 26.2 Å². The molecule has 0 saturated carbocycles. The van der Waals surface area contributed by atoms with Crippen LogP contribution in [0.1, 0.15) is 0 Å². The van der Waals surface area contributed by atoms with E-state index in [1.165, 1.54) is 8.37 Å². The number of nitrogens with zero attached hydrogens (tertiary/aromatic N) is 4. The summed E-state index contributed by atoms with van der Waals surface area (Å²) in [4.78, 5) is 1.51. The van der Waals surface area contributed by atoms with Gasteiger partial charge in [0.25, 0.3) is 0 Å². The molecule has 0 unspecified atom stereocenters. The summed E-state index contributed by atoms with van der Waals surface area (Å²) in [5.41, 5.74) is 0.927. The van der Waals surface area contributed by atoms with Crippen molar-refractivity contribution in [3.05, 3.63) is 31.7 Å². The first kappa shape index (κ1) is 9.31. The van der Waals surface area contributed by atoms with E-state index in [0.29, 0.717) is 3.83 Å². The summed E-state index contributed by atoms with van der Waals surface area (Å²) < 4.78 is 1.84. The van der Waals surface area contributed by atoms with Crippen molar-refractivity contribution >= 4 is 45.2 Å². The number of halogens is 2. The molecule has 0 radical (unpaired) electrons. The first-order valence-corrected chi connectivity index (χ1v) is 5.63. The number of tetrazole rings is 1. The van der Waals surface area contributed by atoms with E-state index >= 15 is 0 Å². The van der Waals surface area contributed by atoms with Gasteiger partial charge in [0.15, 0.2) is 0 Å². The van der Waals surface area contributed by atoms with Gasteiger partial charge >= 0.3 is 0 Å². The van der Waals surface area contributed by atoms with Gasteiger partial charge in [0.2, 0.25) is 3.83 Å². The zero-order valence-corrected chi connectivity index (χ0v) is 10.7. The number of aromatic nitrogens is 4. The van der Waals surface area contributed by atoms with Gasteiger partial charge in [-0.2, -0.15) is 0 Å². The zero-order valence-electron chi connectivity index (χ0n) is 6.35. The second-order valence-corrected chi connectivity index (χ2v) is 4.53. The highest BCUT2D eigenvalue weighted by Crippen LogP contribution is 2.09. The van der Waals surface area contributed by atoms with Crippen molar-refractivity contribution in [1.82, 2.24) is 20.2 Å².